The van der Waals surface area contributed by atoms with E-state index in [1.807, 2.05) is 6.92 Å². The zero-order chi connectivity index (χ0) is 8.32. The van der Waals surface area contributed by atoms with Gasteiger partial charge in [-0.1, -0.05) is 0 Å². The van der Waals surface area contributed by atoms with Crippen LogP contribution in [0, 0.1) is 0 Å². The largest absolute Gasteiger partial charge is 0.389 e. The van der Waals surface area contributed by atoms with Crippen LogP contribution in [0.4, 0.5) is 0 Å². The molecule has 0 amide bonds. The highest BCUT2D eigenvalue weighted by Gasteiger charge is 2.27. The van der Waals surface area contributed by atoms with Crippen molar-refractivity contribution < 1.29 is 5.11 Å². The number of β-amino-alcohol motifs (C(OH)–C–C–N with tert-alkyl or cyclic N) is 1. The Morgan fingerprint density at radius 2 is 2.36 bits per heavy atom. The Morgan fingerprint density at radius 3 is 2.91 bits per heavy atom. The molecule has 0 spiro atoms. The second-order valence-corrected chi connectivity index (χ2v) is 3.67. The summed E-state index contributed by atoms with van der Waals surface area (Å²) in [7, 11) is 0. The molecule has 1 unspecified atom stereocenters. The molecule has 0 saturated carbocycles. The predicted octanol–water partition coefficient (Wildman–Crippen LogP) is -0.208. The molecular formula is C8H18N2O. The smallest absolute Gasteiger partial charge is 0.0746 e. The lowest BCUT2D eigenvalue weighted by molar-refractivity contribution is -0.0143. The third-order valence-corrected chi connectivity index (χ3v) is 2.20. The molecule has 0 aromatic heterocycles. The van der Waals surface area contributed by atoms with Gasteiger partial charge >= 0.3 is 0 Å². The fraction of sp³-hybridized carbons (Fsp3) is 1.00. The maximum absolute atomic E-state index is 9.69. The van der Waals surface area contributed by atoms with Crippen LogP contribution in [-0.4, -0.2) is 41.8 Å². The van der Waals surface area contributed by atoms with E-state index in [2.05, 4.69) is 4.90 Å². The summed E-state index contributed by atoms with van der Waals surface area (Å²) in [6, 6.07) is 0. The van der Waals surface area contributed by atoms with E-state index >= 15 is 0 Å². The third-order valence-electron chi connectivity index (χ3n) is 2.20. The molecule has 0 aliphatic carbocycles. The maximum Gasteiger partial charge on any atom is 0.0746 e. The van der Waals surface area contributed by atoms with E-state index in [0.717, 1.165) is 32.5 Å². The quantitative estimate of drug-likeness (QED) is 0.585. The van der Waals surface area contributed by atoms with Crippen LogP contribution < -0.4 is 5.73 Å². The van der Waals surface area contributed by atoms with Crippen molar-refractivity contribution >= 4 is 0 Å². The maximum atomic E-state index is 9.69. The van der Waals surface area contributed by atoms with Crippen molar-refractivity contribution in [2.24, 2.45) is 5.73 Å². The van der Waals surface area contributed by atoms with E-state index in [0.29, 0.717) is 6.54 Å². The van der Waals surface area contributed by atoms with Gasteiger partial charge in [-0.15, -0.1) is 0 Å². The minimum atomic E-state index is -0.479. The highest BCUT2D eigenvalue weighted by molar-refractivity contribution is 4.82. The summed E-state index contributed by atoms with van der Waals surface area (Å²) < 4.78 is 0. The lowest BCUT2D eigenvalue weighted by Gasteiger charge is -2.36. The first-order valence-corrected chi connectivity index (χ1v) is 4.29. The van der Waals surface area contributed by atoms with Crippen molar-refractivity contribution in [3.8, 4) is 0 Å². The highest BCUT2D eigenvalue weighted by atomic mass is 16.3. The summed E-state index contributed by atoms with van der Waals surface area (Å²) in [4.78, 5) is 2.23. The molecule has 1 rings (SSSR count). The van der Waals surface area contributed by atoms with E-state index in [1.165, 1.54) is 0 Å². The van der Waals surface area contributed by atoms with Gasteiger partial charge in [-0.3, -0.25) is 4.90 Å². The molecule has 1 aliphatic rings. The first kappa shape index (κ1) is 8.97. The van der Waals surface area contributed by atoms with Crippen molar-refractivity contribution in [2.75, 3.05) is 26.2 Å². The Labute approximate surface area is 68.2 Å². The summed E-state index contributed by atoms with van der Waals surface area (Å²) in [5.41, 5.74) is 4.95. The molecular weight excluding hydrogens is 140 g/mol. The van der Waals surface area contributed by atoms with Gasteiger partial charge in [0.25, 0.3) is 0 Å². The number of likely N-dealkylation sites (tertiary alicyclic amines) is 1. The molecule has 1 heterocycles. The third kappa shape index (κ3) is 2.77. The lowest BCUT2D eigenvalue weighted by Crippen LogP contribution is -2.47. The Morgan fingerprint density at radius 1 is 1.64 bits per heavy atom. The topological polar surface area (TPSA) is 49.5 Å². The molecule has 0 radical (unpaired) electrons. The van der Waals surface area contributed by atoms with Gasteiger partial charge in [-0.25, -0.2) is 0 Å². The molecule has 1 atom stereocenters. The van der Waals surface area contributed by atoms with Crippen LogP contribution in [-0.2, 0) is 0 Å². The number of piperidine rings is 1. The number of nitrogens with two attached hydrogens (primary N) is 1. The van der Waals surface area contributed by atoms with Gasteiger partial charge in [0, 0.05) is 19.6 Å². The second-order valence-electron chi connectivity index (χ2n) is 3.67. The predicted molar refractivity (Wildman–Crippen MR) is 45.4 cm³/mol. The van der Waals surface area contributed by atoms with Crippen LogP contribution in [0.1, 0.15) is 19.8 Å². The number of hydrogen-bond acceptors (Lipinski definition) is 3. The number of hydrogen-bond donors (Lipinski definition) is 2. The van der Waals surface area contributed by atoms with Gasteiger partial charge in [-0.05, 0) is 26.3 Å². The van der Waals surface area contributed by atoms with Crippen LogP contribution in [0.3, 0.4) is 0 Å². The molecule has 3 heteroatoms. The van der Waals surface area contributed by atoms with Crippen LogP contribution in [0.5, 0.6) is 0 Å². The lowest BCUT2D eigenvalue weighted by atomic mass is 9.95. The number of rotatable bonds is 2. The fourth-order valence-corrected chi connectivity index (χ4v) is 1.70. The van der Waals surface area contributed by atoms with Gasteiger partial charge in [0.1, 0.15) is 0 Å². The van der Waals surface area contributed by atoms with Gasteiger partial charge in [-0.2, -0.15) is 0 Å². The van der Waals surface area contributed by atoms with E-state index in [1.54, 1.807) is 0 Å². The Hall–Kier alpha value is -0.120. The van der Waals surface area contributed by atoms with E-state index in [-0.39, 0.29) is 0 Å². The minimum absolute atomic E-state index is 0.479. The zero-order valence-electron chi connectivity index (χ0n) is 7.21. The van der Waals surface area contributed by atoms with Gasteiger partial charge in [0.15, 0.2) is 0 Å². The van der Waals surface area contributed by atoms with Crippen LogP contribution in [0.15, 0.2) is 0 Å². The van der Waals surface area contributed by atoms with Crippen molar-refractivity contribution in [2.45, 2.75) is 25.4 Å². The molecule has 0 aromatic carbocycles. The number of nitrogens with zero attached hydrogens (tertiary/aromatic N) is 1. The second kappa shape index (κ2) is 3.52. The molecule has 3 nitrogen and oxygen atoms in total. The summed E-state index contributed by atoms with van der Waals surface area (Å²) >= 11 is 0. The zero-order valence-corrected chi connectivity index (χ0v) is 7.21. The molecule has 11 heavy (non-hydrogen) atoms. The van der Waals surface area contributed by atoms with Crippen LogP contribution in [0.25, 0.3) is 0 Å². The van der Waals surface area contributed by atoms with E-state index in [9.17, 15) is 5.11 Å². The Bertz CT molecular complexity index is 123. The molecule has 66 valence electrons. The Kier molecular flexibility index (Phi) is 2.87. The molecule has 0 bridgehead atoms. The molecule has 1 fully saturated rings. The standard InChI is InChI=1S/C8H18N2O/c1-8(11)3-2-5-10(7-8)6-4-9/h11H,2-7,9H2,1H3. The molecule has 3 N–H and O–H groups in total. The van der Waals surface area contributed by atoms with Gasteiger partial charge in [0.05, 0.1) is 5.60 Å². The van der Waals surface area contributed by atoms with Crippen molar-refractivity contribution in [1.82, 2.24) is 4.90 Å². The minimum Gasteiger partial charge on any atom is -0.389 e. The van der Waals surface area contributed by atoms with Crippen LogP contribution >= 0.6 is 0 Å². The summed E-state index contributed by atoms with van der Waals surface area (Å²) in [6.07, 6.45) is 2.01. The molecule has 0 aromatic rings. The van der Waals surface area contributed by atoms with Gasteiger partial charge < -0.3 is 10.8 Å². The van der Waals surface area contributed by atoms with Crippen molar-refractivity contribution in [1.29, 1.82) is 0 Å². The molecule has 1 aliphatic heterocycles. The van der Waals surface area contributed by atoms with Gasteiger partial charge in [0.2, 0.25) is 0 Å². The summed E-state index contributed by atoms with van der Waals surface area (Å²) in [6.45, 7) is 5.37. The summed E-state index contributed by atoms with van der Waals surface area (Å²) in [5.74, 6) is 0. The highest BCUT2D eigenvalue weighted by Crippen LogP contribution is 2.19. The first-order chi connectivity index (χ1) is 5.14. The number of aliphatic hydroxyl groups is 1. The first-order valence-electron chi connectivity index (χ1n) is 4.29. The fourth-order valence-electron chi connectivity index (χ4n) is 1.70. The van der Waals surface area contributed by atoms with Crippen molar-refractivity contribution in [3.63, 3.8) is 0 Å². The van der Waals surface area contributed by atoms with E-state index < -0.39 is 5.60 Å². The van der Waals surface area contributed by atoms with E-state index in [4.69, 9.17) is 5.73 Å². The van der Waals surface area contributed by atoms with Crippen LogP contribution in [0.2, 0.25) is 0 Å². The normalized spacial score (nSPS) is 34.1. The summed E-state index contributed by atoms with van der Waals surface area (Å²) in [5, 5.41) is 9.69. The monoisotopic (exact) mass is 158 g/mol. The SMILES string of the molecule is CC1(O)CCCN(CCN)C1. The Balaban J connectivity index is 2.34. The average Bonchev–Trinajstić information content (AvgIpc) is 1.85. The van der Waals surface area contributed by atoms with Crippen molar-refractivity contribution in [3.05, 3.63) is 0 Å². The molecule has 1 saturated heterocycles. The average molecular weight is 158 g/mol.